The molecule has 2 unspecified atom stereocenters. The SMILES string of the molecule is CCOC(=O)NNC(=O)OC1CC2CCC(C1)N2C(=O)Oc1ccccc1. The first-order valence-electron chi connectivity index (χ1n) is 9.01. The minimum absolute atomic E-state index is 0.0317. The monoisotopic (exact) mass is 377 g/mol. The number of nitrogens with one attached hydrogen (secondary N) is 2. The van der Waals surface area contributed by atoms with Crippen molar-refractivity contribution in [3.05, 3.63) is 30.3 Å². The van der Waals surface area contributed by atoms with Crippen molar-refractivity contribution < 1.29 is 28.6 Å². The van der Waals surface area contributed by atoms with Gasteiger partial charge in [0.15, 0.2) is 0 Å². The number of rotatable bonds is 3. The zero-order valence-electron chi connectivity index (χ0n) is 15.1. The molecule has 0 aromatic heterocycles. The fourth-order valence-corrected chi connectivity index (χ4v) is 3.61. The highest BCUT2D eigenvalue weighted by atomic mass is 16.6. The van der Waals surface area contributed by atoms with Crippen molar-refractivity contribution in [3.63, 3.8) is 0 Å². The topological polar surface area (TPSA) is 106 Å². The van der Waals surface area contributed by atoms with Crippen molar-refractivity contribution in [2.45, 2.75) is 50.8 Å². The first-order valence-corrected chi connectivity index (χ1v) is 9.01. The van der Waals surface area contributed by atoms with Gasteiger partial charge in [-0.25, -0.2) is 25.2 Å². The molecule has 3 amide bonds. The highest BCUT2D eigenvalue weighted by Crippen LogP contribution is 2.37. The molecule has 2 saturated heterocycles. The number of carbonyl (C=O) groups is 3. The molecule has 0 radical (unpaired) electrons. The highest BCUT2D eigenvalue weighted by molar-refractivity contribution is 5.74. The van der Waals surface area contributed by atoms with E-state index in [1.54, 1.807) is 36.1 Å². The van der Waals surface area contributed by atoms with Gasteiger partial charge in [-0.05, 0) is 31.9 Å². The number of carbonyl (C=O) groups excluding carboxylic acids is 3. The number of amides is 3. The minimum Gasteiger partial charge on any atom is -0.449 e. The molecule has 0 saturated carbocycles. The van der Waals surface area contributed by atoms with E-state index in [0.717, 1.165) is 12.8 Å². The van der Waals surface area contributed by atoms with Crippen LogP contribution in [0.25, 0.3) is 0 Å². The second-order valence-electron chi connectivity index (χ2n) is 6.44. The number of ether oxygens (including phenoxy) is 3. The van der Waals surface area contributed by atoms with E-state index in [4.69, 9.17) is 9.47 Å². The average Bonchev–Trinajstić information content (AvgIpc) is 2.92. The first-order chi connectivity index (χ1) is 13.1. The molecule has 1 aromatic rings. The molecule has 27 heavy (non-hydrogen) atoms. The summed E-state index contributed by atoms with van der Waals surface area (Å²) < 4.78 is 15.4. The maximum absolute atomic E-state index is 12.5. The molecule has 9 heteroatoms. The summed E-state index contributed by atoms with van der Waals surface area (Å²) in [7, 11) is 0. The van der Waals surface area contributed by atoms with Crippen molar-refractivity contribution in [1.29, 1.82) is 0 Å². The van der Waals surface area contributed by atoms with E-state index in [1.165, 1.54) is 0 Å². The number of hydrazine groups is 1. The number of hydrogen-bond acceptors (Lipinski definition) is 6. The third kappa shape index (κ3) is 4.81. The standard InChI is InChI=1S/C18H23N3O6/c1-2-25-16(22)19-20-17(23)26-15-10-12-8-9-13(11-15)21(12)18(24)27-14-6-4-3-5-7-14/h3-7,12-13,15H,2,8-11H2,1H3,(H,19,22)(H,20,23). The molecule has 2 fully saturated rings. The predicted molar refractivity (Wildman–Crippen MR) is 93.9 cm³/mol. The van der Waals surface area contributed by atoms with E-state index < -0.39 is 12.2 Å². The second kappa shape index (κ2) is 8.61. The smallest absolute Gasteiger partial charge is 0.426 e. The summed E-state index contributed by atoms with van der Waals surface area (Å²) in [4.78, 5) is 37.2. The summed E-state index contributed by atoms with van der Waals surface area (Å²) in [6.45, 7) is 1.85. The fourth-order valence-electron chi connectivity index (χ4n) is 3.61. The number of fused-ring (bicyclic) bond motifs is 2. The molecule has 2 N–H and O–H groups in total. The van der Waals surface area contributed by atoms with Gasteiger partial charge in [-0.2, -0.15) is 0 Å². The van der Waals surface area contributed by atoms with E-state index >= 15 is 0 Å². The minimum atomic E-state index is -0.757. The Morgan fingerprint density at radius 2 is 1.67 bits per heavy atom. The lowest BCUT2D eigenvalue weighted by atomic mass is 10.0. The van der Waals surface area contributed by atoms with Crippen molar-refractivity contribution in [3.8, 4) is 5.75 Å². The number of piperidine rings is 1. The van der Waals surface area contributed by atoms with Crippen LogP contribution in [-0.4, -0.2) is 48.0 Å². The van der Waals surface area contributed by atoms with Crippen LogP contribution in [-0.2, 0) is 9.47 Å². The number of para-hydroxylation sites is 1. The molecule has 1 aromatic carbocycles. The Morgan fingerprint density at radius 1 is 1.04 bits per heavy atom. The van der Waals surface area contributed by atoms with Crippen LogP contribution in [0.1, 0.15) is 32.6 Å². The Balaban J connectivity index is 1.49. The maximum atomic E-state index is 12.5. The fraction of sp³-hybridized carbons (Fsp3) is 0.500. The summed E-state index contributed by atoms with van der Waals surface area (Å²) in [5.41, 5.74) is 4.24. The summed E-state index contributed by atoms with van der Waals surface area (Å²) in [5, 5.41) is 0. The Labute approximate surface area is 156 Å². The molecule has 2 aliphatic heterocycles. The number of hydrogen-bond donors (Lipinski definition) is 2. The summed E-state index contributed by atoms with van der Waals surface area (Å²) in [5.74, 6) is 0.504. The Bertz CT molecular complexity index is 669. The van der Waals surface area contributed by atoms with Gasteiger partial charge < -0.3 is 19.1 Å². The van der Waals surface area contributed by atoms with Gasteiger partial charge in [0.25, 0.3) is 0 Å². The highest BCUT2D eigenvalue weighted by Gasteiger charge is 2.45. The molecule has 9 nitrogen and oxygen atoms in total. The zero-order chi connectivity index (χ0) is 19.2. The first kappa shape index (κ1) is 18.8. The van der Waals surface area contributed by atoms with Crippen LogP contribution in [0, 0.1) is 0 Å². The van der Waals surface area contributed by atoms with Gasteiger partial charge in [0.1, 0.15) is 11.9 Å². The number of benzene rings is 1. The van der Waals surface area contributed by atoms with Crippen molar-refractivity contribution in [1.82, 2.24) is 15.8 Å². The van der Waals surface area contributed by atoms with Crippen LogP contribution in [0.5, 0.6) is 5.75 Å². The molecule has 2 heterocycles. The molecule has 3 rings (SSSR count). The van der Waals surface area contributed by atoms with Gasteiger partial charge in [0.05, 0.1) is 6.61 Å². The molecule has 146 valence electrons. The van der Waals surface area contributed by atoms with Crippen LogP contribution in [0.4, 0.5) is 14.4 Å². The van der Waals surface area contributed by atoms with Gasteiger partial charge in [-0.15, -0.1) is 0 Å². The Kier molecular flexibility index (Phi) is 6.00. The van der Waals surface area contributed by atoms with Crippen molar-refractivity contribution in [2.75, 3.05) is 6.61 Å². The van der Waals surface area contributed by atoms with Crippen molar-refractivity contribution in [2.24, 2.45) is 0 Å². The molecule has 2 bridgehead atoms. The van der Waals surface area contributed by atoms with Crippen LogP contribution in [0.2, 0.25) is 0 Å². The molecule has 0 spiro atoms. The van der Waals surface area contributed by atoms with Gasteiger partial charge in [-0.1, -0.05) is 18.2 Å². The van der Waals surface area contributed by atoms with Crippen LogP contribution < -0.4 is 15.6 Å². The van der Waals surface area contributed by atoms with Gasteiger partial charge in [-0.3, -0.25) is 0 Å². The van der Waals surface area contributed by atoms with E-state index in [2.05, 4.69) is 15.6 Å². The molecular weight excluding hydrogens is 354 g/mol. The third-order valence-corrected chi connectivity index (χ3v) is 4.66. The third-order valence-electron chi connectivity index (χ3n) is 4.66. The van der Waals surface area contributed by atoms with Gasteiger partial charge in [0, 0.05) is 24.9 Å². The van der Waals surface area contributed by atoms with Gasteiger partial charge >= 0.3 is 18.3 Å². The second-order valence-corrected chi connectivity index (χ2v) is 6.44. The lowest BCUT2D eigenvalue weighted by Crippen LogP contribution is -2.51. The van der Waals surface area contributed by atoms with E-state index in [0.29, 0.717) is 18.6 Å². The largest absolute Gasteiger partial charge is 0.449 e. The lowest BCUT2D eigenvalue weighted by molar-refractivity contribution is 0.0223. The average molecular weight is 377 g/mol. The summed E-state index contributed by atoms with van der Waals surface area (Å²) in [6, 6.07) is 8.87. The van der Waals surface area contributed by atoms with Crippen molar-refractivity contribution >= 4 is 18.3 Å². The Hall–Kier alpha value is -2.97. The summed E-state index contributed by atoms with van der Waals surface area (Å²) >= 11 is 0. The number of nitrogens with zero attached hydrogens (tertiary/aromatic N) is 1. The van der Waals surface area contributed by atoms with E-state index in [9.17, 15) is 14.4 Å². The molecular formula is C18H23N3O6. The quantitative estimate of drug-likeness (QED) is 0.784. The van der Waals surface area contributed by atoms with E-state index in [1.807, 2.05) is 6.07 Å². The van der Waals surface area contributed by atoms with Crippen LogP contribution in [0.3, 0.4) is 0 Å². The molecule has 0 aliphatic carbocycles. The zero-order valence-corrected chi connectivity index (χ0v) is 15.1. The maximum Gasteiger partial charge on any atom is 0.426 e. The Morgan fingerprint density at radius 3 is 2.30 bits per heavy atom. The van der Waals surface area contributed by atoms with E-state index in [-0.39, 0.29) is 30.9 Å². The normalized spacial score (nSPS) is 23.3. The molecule has 2 atom stereocenters. The van der Waals surface area contributed by atoms with Crippen LogP contribution in [0.15, 0.2) is 30.3 Å². The summed E-state index contributed by atoms with van der Waals surface area (Å²) in [6.07, 6.45) is 0.544. The van der Waals surface area contributed by atoms with Gasteiger partial charge in [0.2, 0.25) is 0 Å². The molecule has 2 aliphatic rings. The lowest BCUT2D eigenvalue weighted by Gasteiger charge is -2.37. The predicted octanol–water partition coefficient (Wildman–Crippen LogP) is 2.57. The van der Waals surface area contributed by atoms with Crippen LogP contribution >= 0.6 is 0 Å².